The van der Waals surface area contributed by atoms with Crippen LogP contribution in [-0.2, 0) is 17.6 Å². The molecule has 0 radical (unpaired) electrons. The monoisotopic (exact) mass is 450 g/mol. The van der Waals surface area contributed by atoms with Gasteiger partial charge in [-0.15, -0.1) is 10.2 Å². The van der Waals surface area contributed by atoms with Gasteiger partial charge in [0.2, 0.25) is 0 Å². The smallest absolute Gasteiger partial charge is 0.250 e. The van der Waals surface area contributed by atoms with E-state index in [1.807, 2.05) is 52.8 Å². The highest BCUT2D eigenvalue weighted by atomic mass is 35.5. The molecule has 1 aromatic heterocycles. The second-order valence-corrected chi connectivity index (χ2v) is 8.55. The fourth-order valence-electron chi connectivity index (χ4n) is 4.35. The zero-order valence-corrected chi connectivity index (χ0v) is 18.4. The van der Waals surface area contributed by atoms with Crippen LogP contribution in [0, 0.1) is 6.92 Å². The van der Waals surface area contributed by atoms with Crippen molar-refractivity contribution in [3.8, 4) is 0 Å². The molecular formula is C24H20Cl2N4O. The van der Waals surface area contributed by atoms with Crippen molar-refractivity contribution < 1.29 is 4.79 Å². The average Bonchev–Trinajstić information content (AvgIpc) is 3.08. The Labute approximate surface area is 190 Å². The van der Waals surface area contributed by atoms with Crippen molar-refractivity contribution >= 4 is 45.6 Å². The summed E-state index contributed by atoms with van der Waals surface area (Å²) in [5, 5.41) is 11.7. The number of aryl methyl sites for hydroxylation is 1. The van der Waals surface area contributed by atoms with Gasteiger partial charge in [0, 0.05) is 24.8 Å². The van der Waals surface area contributed by atoms with E-state index in [1.165, 1.54) is 0 Å². The van der Waals surface area contributed by atoms with Gasteiger partial charge in [-0.05, 0) is 36.1 Å². The molecule has 0 saturated carbocycles. The van der Waals surface area contributed by atoms with E-state index in [4.69, 9.17) is 23.2 Å². The maximum atomic E-state index is 13.9. The minimum Gasteiger partial charge on any atom is -0.310 e. The van der Waals surface area contributed by atoms with E-state index < -0.39 is 6.04 Å². The van der Waals surface area contributed by atoms with Crippen LogP contribution in [0.4, 0.5) is 5.69 Å². The predicted molar refractivity (Wildman–Crippen MR) is 124 cm³/mol. The van der Waals surface area contributed by atoms with Gasteiger partial charge in [0.25, 0.3) is 5.91 Å². The van der Waals surface area contributed by atoms with E-state index in [2.05, 4.69) is 28.4 Å². The quantitative estimate of drug-likeness (QED) is 0.418. The van der Waals surface area contributed by atoms with Crippen molar-refractivity contribution in [1.82, 2.24) is 14.8 Å². The van der Waals surface area contributed by atoms with Gasteiger partial charge in [0.05, 0.1) is 15.7 Å². The molecule has 0 saturated heterocycles. The van der Waals surface area contributed by atoms with Crippen molar-refractivity contribution in [3.63, 3.8) is 0 Å². The first-order valence-electron chi connectivity index (χ1n) is 10.2. The lowest BCUT2D eigenvalue weighted by Gasteiger charge is -2.27. The molecule has 0 N–H and O–H groups in total. The molecule has 31 heavy (non-hydrogen) atoms. The third-order valence-corrected chi connectivity index (χ3v) is 6.57. The second kappa shape index (κ2) is 7.98. The van der Waals surface area contributed by atoms with Gasteiger partial charge in [0.15, 0.2) is 0 Å². The normalized spacial score (nSPS) is 16.4. The van der Waals surface area contributed by atoms with Crippen LogP contribution in [0.1, 0.15) is 23.3 Å². The van der Waals surface area contributed by atoms with E-state index in [1.54, 1.807) is 6.07 Å². The fourth-order valence-corrected chi connectivity index (χ4v) is 4.67. The number of halogens is 2. The van der Waals surface area contributed by atoms with E-state index in [-0.39, 0.29) is 5.91 Å². The lowest BCUT2D eigenvalue weighted by molar-refractivity contribution is -0.121. The van der Waals surface area contributed by atoms with Gasteiger partial charge in [-0.2, -0.15) is 0 Å². The molecule has 156 valence electrons. The molecule has 1 atom stereocenters. The van der Waals surface area contributed by atoms with Gasteiger partial charge in [0.1, 0.15) is 17.7 Å². The van der Waals surface area contributed by atoms with Gasteiger partial charge in [-0.25, -0.2) is 0 Å². The van der Waals surface area contributed by atoms with Crippen molar-refractivity contribution in [2.75, 3.05) is 11.4 Å². The highest BCUT2D eigenvalue weighted by Gasteiger charge is 2.34. The standard InChI is InChI=1S/C24H20Cl2N4O/c1-15-27-28-23-11-12-29(21-8-4-6-17-5-2-3-7-18(17)21)24(31)22(30(15)23)14-16-9-10-19(25)20(26)13-16/h2-10,13,22H,11-12,14H2,1H3. The molecule has 1 unspecified atom stereocenters. The minimum atomic E-state index is -0.469. The Morgan fingerprint density at radius 3 is 2.65 bits per heavy atom. The zero-order valence-electron chi connectivity index (χ0n) is 16.9. The van der Waals surface area contributed by atoms with Crippen LogP contribution in [0.5, 0.6) is 0 Å². The summed E-state index contributed by atoms with van der Waals surface area (Å²) in [4.78, 5) is 15.8. The zero-order chi connectivity index (χ0) is 21.5. The molecule has 0 fully saturated rings. The van der Waals surface area contributed by atoms with Crippen molar-refractivity contribution in [2.45, 2.75) is 25.8 Å². The summed E-state index contributed by atoms with van der Waals surface area (Å²) in [6.07, 6.45) is 1.11. The van der Waals surface area contributed by atoms with Crippen molar-refractivity contribution in [2.24, 2.45) is 0 Å². The summed E-state index contributed by atoms with van der Waals surface area (Å²) in [5.74, 6) is 1.57. The van der Waals surface area contributed by atoms with E-state index in [0.717, 1.165) is 33.7 Å². The molecule has 4 aromatic rings. The first-order chi connectivity index (χ1) is 15.0. The summed E-state index contributed by atoms with van der Waals surface area (Å²) < 4.78 is 1.97. The number of amides is 1. The van der Waals surface area contributed by atoms with E-state index in [9.17, 15) is 4.79 Å². The molecule has 0 aliphatic carbocycles. The number of hydrogen-bond acceptors (Lipinski definition) is 3. The molecule has 5 rings (SSSR count). The molecule has 0 spiro atoms. The number of carbonyl (C=O) groups excluding carboxylic acids is 1. The summed E-state index contributed by atoms with van der Waals surface area (Å²) in [7, 11) is 0. The SMILES string of the molecule is Cc1nnc2n1C(Cc1ccc(Cl)c(Cl)c1)C(=O)N(c1cccc3ccccc13)CC2. The first-order valence-corrected chi connectivity index (χ1v) is 10.9. The van der Waals surface area contributed by atoms with Crippen LogP contribution in [-0.4, -0.2) is 27.2 Å². The van der Waals surface area contributed by atoms with Crippen molar-refractivity contribution in [1.29, 1.82) is 0 Å². The van der Waals surface area contributed by atoms with Crippen LogP contribution in [0.2, 0.25) is 10.0 Å². The molecule has 1 aliphatic heterocycles. The van der Waals surface area contributed by atoms with Gasteiger partial charge < -0.3 is 9.47 Å². The predicted octanol–water partition coefficient (Wildman–Crippen LogP) is 5.42. The number of benzene rings is 3. The van der Waals surface area contributed by atoms with E-state index >= 15 is 0 Å². The molecule has 2 heterocycles. The maximum absolute atomic E-state index is 13.9. The number of nitrogens with zero attached hydrogens (tertiary/aromatic N) is 4. The Morgan fingerprint density at radius 1 is 1.00 bits per heavy atom. The van der Waals surface area contributed by atoms with Crippen molar-refractivity contribution in [3.05, 3.63) is 87.9 Å². The summed E-state index contributed by atoms with van der Waals surface area (Å²) in [6, 6.07) is 19.2. The third kappa shape index (κ3) is 3.58. The highest BCUT2D eigenvalue weighted by molar-refractivity contribution is 6.42. The topological polar surface area (TPSA) is 51.0 Å². The summed E-state index contributed by atoms with van der Waals surface area (Å²) in [6.45, 7) is 2.43. The second-order valence-electron chi connectivity index (χ2n) is 7.74. The molecule has 3 aromatic carbocycles. The summed E-state index contributed by atoms with van der Waals surface area (Å²) in [5.41, 5.74) is 1.85. The first kappa shape index (κ1) is 20.0. The molecular weight excluding hydrogens is 431 g/mol. The van der Waals surface area contributed by atoms with Crippen LogP contribution >= 0.6 is 23.2 Å². The fraction of sp³-hybridized carbons (Fsp3) is 0.208. The molecule has 7 heteroatoms. The van der Waals surface area contributed by atoms with Gasteiger partial charge in [-0.3, -0.25) is 4.79 Å². The molecule has 1 amide bonds. The molecule has 1 aliphatic rings. The van der Waals surface area contributed by atoms with Crippen LogP contribution in [0.3, 0.4) is 0 Å². The number of anilines is 1. The number of carbonyl (C=O) groups is 1. The number of rotatable bonds is 3. The number of aromatic nitrogens is 3. The molecule has 0 bridgehead atoms. The van der Waals surface area contributed by atoms with Gasteiger partial charge in [-0.1, -0.05) is 65.7 Å². The largest absolute Gasteiger partial charge is 0.310 e. The minimum absolute atomic E-state index is 0.0177. The number of fused-ring (bicyclic) bond motifs is 2. The molecule has 5 nitrogen and oxygen atoms in total. The Morgan fingerprint density at radius 2 is 1.81 bits per heavy atom. The Balaban J connectivity index is 1.60. The highest BCUT2D eigenvalue weighted by Crippen LogP contribution is 2.33. The van der Waals surface area contributed by atoms with Gasteiger partial charge >= 0.3 is 0 Å². The number of hydrogen-bond donors (Lipinski definition) is 0. The lowest BCUT2D eigenvalue weighted by atomic mass is 10.0. The third-order valence-electron chi connectivity index (χ3n) is 5.83. The Hall–Kier alpha value is -2.89. The Kier molecular flexibility index (Phi) is 5.16. The summed E-state index contributed by atoms with van der Waals surface area (Å²) >= 11 is 12.3. The van der Waals surface area contributed by atoms with Crippen LogP contribution in [0.25, 0.3) is 10.8 Å². The maximum Gasteiger partial charge on any atom is 0.250 e. The van der Waals surface area contributed by atoms with E-state index in [0.29, 0.717) is 29.4 Å². The average molecular weight is 451 g/mol. The van der Waals surface area contributed by atoms with Crippen LogP contribution in [0.15, 0.2) is 60.7 Å². The lowest BCUT2D eigenvalue weighted by Crippen LogP contribution is -2.37. The van der Waals surface area contributed by atoms with Crippen LogP contribution < -0.4 is 4.90 Å². The Bertz CT molecular complexity index is 1290.